The summed E-state index contributed by atoms with van der Waals surface area (Å²) in [4.78, 5) is 14.3. The first-order valence-corrected chi connectivity index (χ1v) is 11.0. The summed E-state index contributed by atoms with van der Waals surface area (Å²) in [5.74, 6) is 1.19. The van der Waals surface area contributed by atoms with Crippen LogP contribution in [0, 0.1) is 0 Å². The summed E-state index contributed by atoms with van der Waals surface area (Å²) >= 11 is 0. The third-order valence-corrected chi connectivity index (χ3v) is 5.64. The summed E-state index contributed by atoms with van der Waals surface area (Å²) in [5, 5.41) is 0. The van der Waals surface area contributed by atoms with E-state index in [-0.39, 0.29) is 0 Å². The first-order chi connectivity index (χ1) is 14.3. The lowest BCUT2D eigenvalue weighted by atomic mass is 9.84. The minimum Gasteiger partial charge on any atom is -0.432 e. The molecule has 1 fully saturated rings. The second kappa shape index (κ2) is 11.5. The molecule has 29 heavy (non-hydrogen) atoms. The summed E-state index contributed by atoms with van der Waals surface area (Å²) in [6.07, 6.45) is 8.09. The van der Waals surface area contributed by atoms with Gasteiger partial charge in [-0.15, -0.1) is 0 Å². The third-order valence-electron chi connectivity index (χ3n) is 5.64. The van der Waals surface area contributed by atoms with Gasteiger partial charge in [0.15, 0.2) is 0 Å². The molecule has 0 bridgehead atoms. The quantitative estimate of drug-likeness (QED) is 0.356. The predicted octanol–water partition coefficient (Wildman–Crippen LogP) is 6.56. The molecule has 0 atom stereocenters. The van der Waals surface area contributed by atoms with Crippen molar-refractivity contribution in [1.29, 1.82) is 0 Å². The standard InChI is InChI=1S/C25H33NO3/c1-2-3-18-26(23-12-8-5-9-13-23)19-20-28-25(27)29-24-16-14-22(15-17-24)21-10-6-4-7-11-21/h5,8-9,12-17,21H,2-4,6-7,10-11,18-20H2,1H3. The fourth-order valence-electron chi connectivity index (χ4n) is 3.97. The first kappa shape index (κ1) is 21.2. The van der Waals surface area contributed by atoms with Gasteiger partial charge in [0, 0.05) is 12.2 Å². The van der Waals surface area contributed by atoms with Crippen LogP contribution in [0.5, 0.6) is 5.75 Å². The van der Waals surface area contributed by atoms with Crippen LogP contribution in [0.1, 0.15) is 63.4 Å². The Morgan fingerprint density at radius 1 is 0.966 bits per heavy atom. The Labute approximate surface area is 174 Å². The van der Waals surface area contributed by atoms with Crippen LogP contribution >= 0.6 is 0 Å². The molecule has 4 heteroatoms. The van der Waals surface area contributed by atoms with E-state index in [0.717, 1.165) is 25.1 Å². The van der Waals surface area contributed by atoms with E-state index in [1.54, 1.807) is 0 Å². The van der Waals surface area contributed by atoms with E-state index in [2.05, 4.69) is 36.1 Å². The largest absolute Gasteiger partial charge is 0.513 e. The first-order valence-electron chi connectivity index (χ1n) is 11.0. The van der Waals surface area contributed by atoms with E-state index in [9.17, 15) is 4.79 Å². The van der Waals surface area contributed by atoms with Crippen molar-refractivity contribution in [3.05, 3.63) is 60.2 Å². The number of ether oxygens (including phenoxy) is 2. The molecule has 0 N–H and O–H groups in total. The second-order valence-corrected chi connectivity index (χ2v) is 7.78. The van der Waals surface area contributed by atoms with Gasteiger partial charge in [-0.05, 0) is 55.0 Å². The smallest absolute Gasteiger partial charge is 0.432 e. The topological polar surface area (TPSA) is 38.8 Å². The molecule has 2 aromatic rings. The molecule has 0 aromatic heterocycles. The lowest BCUT2D eigenvalue weighted by molar-refractivity contribution is 0.101. The normalized spacial score (nSPS) is 14.4. The molecule has 156 valence electrons. The summed E-state index contributed by atoms with van der Waals surface area (Å²) in [7, 11) is 0. The molecular weight excluding hydrogens is 362 g/mol. The molecule has 0 saturated heterocycles. The molecule has 0 amide bonds. The summed E-state index contributed by atoms with van der Waals surface area (Å²) in [5.41, 5.74) is 2.50. The van der Waals surface area contributed by atoms with Crippen LogP contribution in [0.2, 0.25) is 0 Å². The molecule has 0 heterocycles. The Morgan fingerprint density at radius 3 is 2.38 bits per heavy atom. The van der Waals surface area contributed by atoms with Crippen LogP contribution in [0.4, 0.5) is 10.5 Å². The number of para-hydroxylation sites is 1. The molecule has 1 saturated carbocycles. The lowest BCUT2D eigenvalue weighted by Crippen LogP contribution is -2.29. The van der Waals surface area contributed by atoms with Gasteiger partial charge in [0.1, 0.15) is 12.4 Å². The van der Waals surface area contributed by atoms with Crippen molar-refractivity contribution < 1.29 is 14.3 Å². The van der Waals surface area contributed by atoms with Crippen molar-refractivity contribution in [2.24, 2.45) is 0 Å². The average molecular weight is 396 g/mol. The molecule has 0 radical (unpaired) electrons. The minimum absolute atomic E-state index is 0.303. The zero-order valence-electron chi connectivity index (χ0n) is 17.5. The highest BCUT2D eigenvalue weighted by Crippen LogP contribution is 2.33. The van der Waals surface area contributed by atoms with Crippen molar-refractivity contribution in [3.63, 3.8) is 0 Å². The van der Waals surface area contributed by atoms with Crippen LogP contribution in [0.3, 0.4) is 0 Å². The van der Waals surface area contributed by atoms with E-state index in [0.29, 0.717) is 24.8 Å². The number of carbonyl (C=O) groups excluding carboxylic acids is 1. The van der Waals surface area contributed by atoms with Gasteiger partial charge in [0.25, 0.3) is 0 Å². The number of benzene rings is 2. The maximum Gasteiger partial charge on any atom is 0.513 e. The molecule has 3 rings (SSSR count). The average Bonchev–Trinajstić information content (AvgIpc) is 2.78. The van der Waals surface area contributed by atoms with E-state index in [1.807, 2.05) is 30.3 Å². The zero-order chi connectivity index (χ0) is 20.3. The monoisotopic (exact) mass is 395 g/mol. The van der Waals surface area contributed by atoms with E-state index in [4.69, 9.17) is 9.47 Å². The highest BCUT2D eigenvalue weighted by atomic mass is 16.7. The van der Waals surface area contributed by atoms with Gasteiger partial charge in [0.2, 0.25) is 0 Å². The summed E-state index contributed by atoms with van der Waals surface area (Å²) in [6, 6.07) is 18.2. The summed E-state index contributed by atoms with van der Waals surface area (Å²) < 4.78 is 10.7. The number of anilines is 1. The number of unbranched alkanes of at least 4 members (excludes halogenated alkanes) is 1. The van der Waals surface area contributed by atoms with E-state index < -0.39 is 6.16 Å². The maximum atomic E-state index is 12.1. The van der Waals surface area contributed by atoms with Gasteiger partial charge < -0.3 is 14.4 Å². The Morgan fingerprint density at radius 2 is 1.69 bits per heavy atom. The van der Waals surface area contributed by atoms with Crippen molar-refractivity contribution in [2.45, 2.75) is 57.8 Å². The summed E-state index contributed by atoms with van der Waals surface area (Å²) in [6.45, 7) is 4.08. The van der Waals surface area contributed by atoms with E-state index >= 15 is 0 Å². The predicted molar refractivity (Wildman–Crippen MR) is 118 cm³/mol. The maximum absolute atomic E-state index is 12.1. The van der Waals surface area contributed by atoms with Gasteiger partial charge in [0.05, 0.1) is 6.54 Å². The van der Waals surface area contributed by atoms with Crippen LogP contribution < -0.4 is 9.64 Å². The zero-order valence-corrected chi connectivity index (χ0v) is 17.5. The van der Waals surface area contributed by atoms with Crippen LogP contribution in [0.25, 0.3) is 0 Å². The molecule has 0 aliphatic heterocycles. The number of rotatable bonds is 9. The SMILES string of the molecule is CCCCN(CCOC(=O)Oc1ccc(C2CCCCC2)cc1)c1ccccc1. The molecule has 1 aliphatic rings. The van der Waals surface area contributed by atoms with Crippen LogP contribution in [-0.2, 0) is 4.74 Å². The second-order valence-electron chi connectivity index (χ2n) is 7.78. The lowest BCUT2D eigenvalue weighted by Gasteiger charge is -2.24. The van der Waals surface area contributed by atoms with Gasteiger partial charge >= 0.3 is 6.16 Å². The fourth-order valence-corrected chi connectivity index (χ4v) is 3.97. The number of carbonyl (C=O) groups is 1. The molecule has 0 spiro atoms. The van der Waals surface area contributed by atoms with Crippen molar-refractivity contribution in [1.82, 2.24) is 0 Å². The Kier molecular flexibility index (Phi) is 8.41. The van der Waals surface area contributed by atoms with Crippen LogP contribution in [0.15, 0.2) is 54.6 Å². The van der Waals surface area contributed by atoms with Gasteiger partial charge in [-0.1, -0.05) is 62.9 Å². The number of hydrogen-bond donors (Lipinski definition) is 0. The van der Waals surface area contributed by atoms with Gasteiger partial charge in [-0.3, -0.25) is 0 Å². The highest BCUT2D eigenvalue weighted by Gasteiger charge is 2.16. The Balaban J connectivity index is 1.45. The number of nitrogens with zero attached hydrogens (tertiary/aromatic N) is 1. The highest BCUT2D eigenvalue weighted by molar-refractivity contribution is 5.63. The molecular formula is C25H33NO3. The molecule has 2 aromatic carbocycles. The van der Waals surface area contributed by atoms with Crippen molar-refractivity contribution in [3.8, 4) is 5.75 Å². The van der Waals surface area contributed by atoms with E-state index in [1.165, 1.54) is 37.7 Å². The molecule has 4 nitrogen and oxygen atoms in total. The van der Waals surface area contributed by atoms with Gasteiger partial charge in [-0.25, -0.2) is 4.79 Å². The van der Waals surface area contributed by atoms with Gasteiger partial charge in [-0.2, -0.15) is 0 Å². The molecule has 0 unspecified atom stereocenters. The Hall–Kier alpha value is -2.49. The van der Waals surface area contributed by atoms with Crippen molar-refractivity contribution in [2.75, 3.05) is 24.6 Å². The van der Waals surface area contributed by atoms with Crippen molar-refractivity contribution >= 4 is 11.8 Å². The molecule has 1 aliphatic carbocycles. The third kappa shape index (κ3) is 6.81. The minimum atomic E-state index is -0.640. The number of hydrogen-bond acceptors (Lipinski definition) is 4. The fraction of sp³-hybridized carbons (Fsp3) is 0.480. The van der Waals surface area contributed by atoms with Crippen LogP contribution in [-0.4, -0.2) is 25.9 Å². The Bertz CT molecular complexity index is 723.